The molecule has 14 heavy (non-hydrogen) atoms. The van der Waals surface area contributed by atoms with Crippen molar-refractivity contribution in [2.45, 2.75) is 19.4 Å². The maximum Gasteiger partial charge on any atom is 0.104 e. The van der Waals surface area contributed by atoms with Crippen molar-refractivity contribution in [3.05, 3.63) is 29.8 Å². The van der Waals surface area contributed by atoms with Gasteiger partial charge in [-0.15, -0.1) is 0 Å². The van der Waals surface area contributed by atoms with Crippen LogP contribution >= 0.6 is 0 Å². The molecule has 2 rings (SSSR count). The Morgan fingerprint density at radius 1 is 1.29 bits per heavy atom. The van der Waals surface area contributed by atoms with Crippen LogP contribution in [0.25, 0.3) is 0 Å². The van der Waals surface area contributed by atoms with Crippen LogP contribution in [0, 0.1) is 0 Å². The number of nitrogens with two attached hydrogens (primary N) is 1. The first-order chi connectivity index (χ1) is 6.68. The number of nitrogen functional groups attached to an aromatic ring is 1. The zero-order valence-electron chi connectivity index (χ0n) is 8.87. The molecule has 0 amide bonds. The van der Waals surface area contributed by atoms with Gasteiger partial charge in [-0.1, -0.05) is 12.1 Å². The third kappa shape index (κ3) is 2.07. The van der Waals surface area contributed by atoms with E-state index in [1.54, 1.807) is 0 Å². The first-order valence-electron chi connectivity index (χ1n) is 5.36. The highest BCUT2D eigenvalue weighted by Gasteiger charge is 2.26. The molecule has 1 fully saturated rings. The van der Waals surface area contributed by atoms with Gasteiger partial charge >= 0.3 is 0 Å². The van der Waals surface area contributed by atoms with Crippen molar-refractivity contribution in [2.24, 2.45) is 0 Å². The van der Waals surface area contributed by atoms with Crippen LogP contribution in [-0.2, 0) is 6.54 Å². The number of nitrogens with zero attached hydrogens (tertiary/aromatic N) is 1. The van der Waals surface area contributed by atoms with Crippen LogP contribution in [0.4, 0.5) is 5.69 Å². The Morgan fingerprint density at radius 2 is 2.00 bits per heavy atom. The lowest BCUT2D eigenvalue weighted by Gasteiger charge is -2.29. The van der Waals surface area contributed by atoms with Gasteiger partial charge in [0, 0.05) is 24.1 Å². The Kier molecular flexibility index (Phi) is 2.46. The van der Waals surface area contributed by atoms with Crippen molar-refractivity contribution >= 4 is 5.69 Å². The number of anilines is 1. The summed E-state index contributed by atoms with van der Waals surface area (Å²) in [5, 5.41) is 0. The van der Waals surface area contributed by atoms with Crippen LogP contribution in [0.2, 0.25) is 0 Å². The third-order valence-electron chi connectivity index (χ3n) is 3.16. The molecule has 0 atom stereocenters. The smallest absolute Gasteiger partial charge is 0.104 e. The van der Waals surface area contributed by atoms with Crippen molar-refractivity contribution in [2.75, 3.05) is 25.9 Å². The molecule has 0 radical (unpaired) electrons. The first kappa shape index (κ1) is 9.53. The van der Waals surface area contributed by atoms with Gasteiger partial charge in [0.05, 0.1) is 20.1 Å². The lowest BCUT2D eigenvalue weighted by molar-refractivity contribution is -0.910. The number of hydrogen-bond donors (Lipinski definition) is 1. The van der Waals surface area contributed by atoms with Gasteiger partial charge in [0.1, 0.15) is 6.54 Å². The molecule has 0 aliphatic carbocycles. The van der Waals surface area contributed by atoms with Gasteiger partial charge < -0.3 is 10.2 Å². The van der Waals surface area contributed by atoms with Crippen LogP contribution in [-0.4, -0.2) is 24.6 Å². The second kappa shape index (κ2) is 3.62. The summed E-state index contributed by atoms with van der Waals surface area (Å²) >= 11 is 0. The zero-order chi connectivity index (χ0) is 10.0. The zero-order valence-corrected chi connectivity index (χ0v) is 8.87. The number of rotatable bonds is 2. The molecule has 2 heteroatoms. The molecule has 0 aromatic heterocycles. The average Bonchev–Trinajstić information content (AvgIpc) is 2.51. The molecule has 0 bridgehead atoms. The highest BCUT2D eigenvalue weighted by atomic mass is 15.3. The highest BCUT2D eigenvalue weighted by molar-refractivity contribution is 5.40. The summed E-state index contributed by atoms with van der Waals surface area (Å²) in [5.41, 5.74) is 8.02. The lowest BCUT2D eigenvalue weighted by Crippen LogP contribution is -2.39. The minimum atomic E-state index is 0.883. The van der Waals surface area contributed by atoms with Crippen molar-refractivity contribution < 1.29 is 4.48 Å². The summed E-state index contributed by atoms with van der Waals surface area (Å²) < 4.78 is 1.18. The molecule has 0 spiro atoms. The van der Waals surface area contributed by atoms with Crippen molar-refractivity contribution in [1.82, 2.24) is 0 Å². The Bertz CT molecular complexity index is 314. The van der Waals surface area contributed by atoms with Gasteiger partial charge in [0.15, 0.2) is 0 Å². The second-order valence-electron chi connectivity index (χ2n) is 4.68. The summed E-state index contributed by atoms with van der Waals surface area (Å²) in [6.07, 6.45) is 2.75. The predicted octanol–water partition coefficient (Wildman–Crippen LogP) is 2.01. The Labute approximate surface area is 85.9 Å². The van der Waals surface area contributed by atoms with Crippen LogP contribution in [0.1, 0.15) is 18.4 Å². The molecule has 1 saturated heterocycles. The molecular formula is C12H19N2+. The Balaban J connectivity index is 2.10. The Morgan fingerprint density at radius 3 is 2.64 bits per heavy atom. The summed E-state index contributed by atoms with van der Waals surface area (Å²) in [4.78, 5) is 0. The first-order valence-corrected chi connectivity index (χ1v) is 5.36. The molecule has 1 aliphatic rings. The maximum absolute atomic E-state index is 5.77. The van der Waals surface area contributed by atoms with Gasteiger partial charge in [0.25, 0.3) is 0 Å². The normalized spacial score (nSPS) is 19.8. The molecule has 76 valence electrons. The average molecular weight is 191 g/mol. The van der Waals surface area contributed by atoms with Gasteiger partial charge in [-0.3, -0.25) is 0 Å². The van der Waals surface area contributed by atoms with Crippen molar-refractivity contribution in [3.63, 3.8) is 0 Å². The van der Waals surface area contributed by atoms with E-state index in [-0.39, 0.29) is 0 Å². The monoisotopic (exact) mass is 191 g/mol. The van der Waals surface area contributed by atoms with E-state index >= 15 is 0 Å². The van der Waals surface area contributed by atoms with E-state index in [1.807, 2.05) is 12.1 Å². The fourth-order valence-corrected chi connectivity index (χ4v) is 2.39. The molecule has 1 heterocycles. The van der Waals surface area contributed by atoms with Gasteiger partial charge in [-0.25, -0.2) is 0 Å². The van der Waals surface area contributed by atoms with Crippen molar-refractivity contribution in [1.29, 1.82) is 0 Å². The summed E-state index contributed by atoms with van der Waals surface area (Å²) in [5.74, 6) is 0. The highest BCUT2D eigenvalue weighted by Crippen LogP contribution is 2.21. The summed E-state index contributed by atoms with van der Waals surface area (Å²) in [6, 6.07) is 8.28. The van der Waals surface area contributed by atoms with E-state index in [9.17, 15) is 0 Å². The van der Waals surface area contributed by atoms with E-state index < -0.39 is 0 Å². The predicted molar refractivity (Wildman–Crippen MR) is 59.7 cm³/mol. The second-order valence-corrected chi connectivity index (χ2v) is 4.68. The number of likely N-dealkylation sites (tertiary alicyclic amines) is 1. The molecule has 2 nitrogen and oxygen atoms in total. The fraction of sp³-hybridized carbons (Fsp3) is 0.500. The minimum Gasteiger partial charge on any atom is -0.399 e. The molecule has 1 aliphatic heterocycles. The van der Waals surface area contributed by atoms with E-state index in [0.717, 1.165) is 12.2 Å². The Hall–Kier alpha value is -1.02. The van der Waals surface area contributed by atoms with Crippen LogP contribution in [0.3, 0.4) is 0 Å². The van der Waals surface area contributed by atoms with E-state index in [4.69, 9.17) is 5.73 Å². The maximum atomic E-state index is 5.77. The molecule has 2 N–H and O–H groups in total. The molecule has 0 saturated carbocycles. The topological polar surface area (TPSA) is 26.0 Å². The van der Waals surface area contributed by atoms with E-state index in [2.05, 4.69) is 19.2 Å². The third-order valence-corrected chi connectivity index (χ3v) is 3.16. The molecule has 1 aromatic rings. The van der Waals surface area contributed by atoms with Crippen molar-refractivity contribution in [3.8, 4) is 0 Å². The van der Waals surface area contributed by atoms with Crippen LogP contribution < -0.4 is 5.73 Å². The number of hydrogen-bond acceptors (Lipinski definition) is 1. The minimum absolute atomic E-state index is 0.883. The molecular weight excluding hydrogens is 172 g/mol. The summed E-state index contributed by atoms with van der Waals surface area (Å²) in [7, 11) is 2.34. The van der Waals surface area contributed by atoms with Crippen LogP contribution in [0.5, 0.6) is 0 Å². The van der Waals surface area contributed by atoms with E-state index in [1.165, 1.54) is 36.0 Å². The van der Waals surface area contributed by atoms with Crippen LogP contribution in [0.15, 0.2) is 24.3 Å². The molecule has 0 unspecified atom stereocenters. The largest absolute Gasteiger partial charge is 0.399 e. The standard InChI is InChI=1S/C12H19N2/c1-14(7-2-3-8-14)10-11-5-4-6-12(13)9-11/h4-6,9H,2-3,7-8,10,13H2,1H3/q+1. The van der Waals surface area contributed by atoms with Gasteiger partial charge in [0.2, 0.25) is 0 Å². The van der Waals surface area contributed by atoms with Gasteiger partial charge in [-0.05, 0) is 12.1 Å². The van der Waals surface area contributed by atoms with E-state index in [0.29, 0.717) is 0 Å². The lowest BCUT2D eigenvalue weighted by atomic mass is 10.2. The SMILES string of the molecule is C[N+]1(Cc2cccc(N)c2)CCCC1. The summed E-state index contributed by atoms with van der Waals surface area (Å²) in [6.45, 7) is 3.76. The molecule has 1 aromatic carbocycles. The van der Waals surface area contributed by atoms with Gasteiger partial charge in [-0.2, -0.15) is 0 Å². The fourth-order valence-electron chi connectivity index (χ4n) is 2.39. The number of quaternary nitrogens is 1. The quantitative estimate of drug-likeness (QED) is 0.561. The number of benzene rings is 1.